The van der Waals surface area contributed by atoms with Crippen molar-refractivity contribution in [2.24, 2.45) is 0 Å². The van der Waals surface area contributed by atoms with Crippen molar-refractivity contribution in [2.75, 3.05) is 6.61 Å². The van der Waals surface area contributed by atoms with E-state index in [0.717, 1.165) is 22.0 Å². The molecule has 2 heterocycles. The molecule has 0 radical (unpaired) electrons. The van der Waals surface area contributed by atoms with Gasteiger partial charge in [0.05, 0.1) is 23.4 Å². The van der Waals surface area contributed by atoms with E-state index in [2.05, 4.69) is 10.2 Å². The van der Waals surface area contributed by atoms with Crippen LogP contribution in [0.2, 0.25) is 5.02 Å². The predicted molar refractivity (Wildman–Crippen MR) is 117 cm³/mol. The maximum Gasteiger partial charge on any atom is 0.340 e. The molecule has 4 aromatic rings. The van der Waals surface area contributed by atoms with Crippen LogP contribution in [-0.2, 0) is 10.5 Å². The van der Waals surface area contributed by atoms with E-state index >= 15 is 0 Å². The summed E-state index contributed by atoms with van der Waals surface area (Å²) >= 11 is 7.25. The second-order valence-corrected chi connectivity index (χ2v) is 7.83. The maximum atomic E-state index is 12.6. The summed E-state index contributed by atoms with van der Waals surface area (Å²) in [7, 11) is 0. The van der Waals surface area contributed by atoms with Crippen LogP contribution >= 0.6 is 23.4 Å². The van der Waals surface area contributed by atoms with Crippen LogP contribution in [0.4, 0.5) is 0 Å². The van der Waals surface area contributed by atoms with Gasteiger partial charge in [0.25, 0.3) is 5.22 Å². The van der Waals surface area contributed by atoms with Crippen LogP contribution in [0.3, 0.4) is 0 Å². The lowest BCUT2D eigenvalue weighted by Gasteiger charge is -2.13. The second kappa shape index (κ2) is 8.85. The molecule has 0 saturated heterocycles. The molecule has 4 rings (SSSR count). The van der Waals surface area contributed by atoms with Crippen LogP contribution in [0.15, 0.2) is 58.2 Å². The first-order chi connectivity index (χ1) is 14.6. The Labute approximate surface area is 182 Å². The number of ether oxygens (including phenoxy) is 1. The summed E-state index contributed by atoms with van der Waals surface area (Å²) in [5, 5.41) is 10.1. The highest BCUT2D eigenvalue weighted by Gasteiger charge is 2.21. The molecule has 0 N–H and O–H groups in total. The number of hydrogen-bond acceptors (Lipinski definition) is 7. The third-order valence-electron chi connectivity index (χ3n) is 4.54. The highest BCUT2D eigenvalue weighted by molar-refractivity contribution is 7.98. The predicted octanol–water partition coefficient (Wildman–Crippen LogP) is 5.72. The molecule has 0 aliphatic heterocycles. The van der Waals surface area contributed by atoms with E-state index in [4.69, 9.17) is 25.7 Å². The van der Waals surface area contributed by atoms with Gasteiger partial charge >= 0.3 is 5.97 Å². The Hall–Kier alpha value is -2.90. The number of aryl methyl sites for hydroxylation is 1. The van der Waals surface area contributed by atoms with Crippen LogP contribution < -0.4 is 0 Å². The van der Waals surface area contributed by atoms with E-state index in [1.54, 1.807) is 19.1 Å². The molecular formula is C22H18ClN3O3S. The number of nitrogens with zero attached hydrogens (tertiary/aromatic N) is 3. The lowest BCUT2D eigenvalue weighted by molar-refractivity contribution is 0.0524. The van der Waals surface area contributed by atoms with Gasteiger partial charge in [-0.2, -0.15) is 0 Å². The van der Waals surface area contributed by atoms with Crippen LogP contribution in [0.25, 0.3) is 22.4 Å². The Morgan fingerprint density at radius 1 is 1.13 bits per heavy atom. The molecule has 8 heteroatoms. The molecule has 6 nitrogen and oxygen atoms in total. The van der Waals surface area contributed by atoms with E-state index < -0.39 is 0 Å². The number of esters is 1. The number of carbonyl (C=O) groups is 1. The summed E-state index contributed by atoms with van der Waals surface area (Å²) in [4.78, 5) is 17.3. The second-order valence-electron chi connectivity index (χ2n) is 6.46. The third-order valence-corrected chi connectivity index (χ3v) is 5.62. The molecular weight excluding hydrogens is 422 g/mol. The molecule has 0 saturated carbocycles. The van der Waals surface area contributed by atoms with E-state index in [9.17, 15) is 4.79 Å². The SMILES string of the molecule is CCOC(=O)c1c(CSc2nnc(-c3ccc(Cl)cc3)o2)nc2ccccc2c1C. The molecule has 0 spiro atoms. The summed E-state index contributed by atoms with van der Waals surface area (Å²) in [6.07, 6.45) is 0. The Kier molecular flexibility index (Phi) is 6.01. The Morgan fingerprint density at radius 2 is 1.90 bits per heavy atom. The van der Waals surface area contributed by atoms with Gasteiger partial charge in [-0.05, 0) is 49.7 Å². The molecule has 0 aliphatic carbocycles. The average molecular weight is 440 g/mol. The number of carbonyl (C=O) groups excluding carboxylic acids is 1. The number of pyridine rings is 1. The molecule has 152 valence electrons. The number of hydrogen-bond donors (Lipinski definition) is 0. The number of rotatable bonds is 6. The van der Waals surface area contributed by atoms with E-state index in [1.165, 1.54) is 11.8 Å². The van der Waals surface area contributed by atoms with E-state index in [-0.39, 0.29) is 5.97 Å². The smallest absolute Gasteiger partial charge is 0.340 e. The van der Waals surface area contributed by atoms with Crippen LogP contribution in [0.5, 0.6) is 0 Å². The first-order valence-electron chi connectivity index (χ1n) is 9.34. The molecule has 2 aromatic heterocycles. The molecule has 0 unspecified atom stereocenters. The highest BCUT2D eigenvalue weighted by Crippen LogP contribution is 2.30. The summed E-state index contributed by atoms with van der Waals surface area (Å²) in [6, 6.07) is 14.9. The summed E-state index contributed by atoms with van der Waals surface area (Å²) in [6.45, 7) is 3.99. The van der Waals surface area contributed by atoms with Crippen molar-refractivity contribution < 1.29 is 13.9 Å². The Bertz CT molecular complexity index is 1210. The Morgan fingerprint density at radius 3 is 2.67 bits per heavy atom. The average Bonchev–Trinajstić information content (AvgIpc) is 3.22. The van der Waals surface area contributed by atoms with Gasteiger partial charge in [0.15, 0.2) is 0 Å². The molecule has 2 aromatic carbocycles. The standard InChI is InChI=1S/C22H18ClN3O3S/c1-3-28-21(27)19-13(2)16-6-4-5-7-17(16)24-18(19)12-30-22-26-25-20(29-22)14-8-10-15(23)11-9-14/h4-11H,3,12H2,1-2H3. The van der Waals surface area contributed by atoms with Gasteiger partial charge in [-0.3, -0.25) is 4.98 Å². The summed E-state index contributed by atoms with van der Waals surface area (Å²) < 4.78 is 11.0. The van der Waals surface area contributed by atoms with Gasteiger partial charge in [-0.1, -0.05) is 41.6 Å². The molecule has 0 fully saturated rings. The van der Waals surface area contributed by atoms with Crippen LogP contribution in [-0.4, -0.2) is 27.8 Å². The van der Waals surface area contributed by atoms with Gasteiger partial charge in [-0.25, -0.2) is 4.79 Å². The molecule has 0 aliphatic rings. The zero-order chi connectivity index (χ0) is 21.1. The van der Waals surface area contributed by atoms with Crippen molar-refractivity contribution >= 4 is 40.2 Å². The monoisotopic (exact) mass is 439 g/mol. The van der Waals surface area contributed by atoms with E-state index in [1.807, 2.05) is 43.3 Å². The quantitative estimate of drug-likeness (QED) is 0.281. The fraction of sp³-hybridized carbons (Fsp3) is 0.182. The molecule has 0 amide bonds. The zero-order valence-corrected chi connectivity index (χ0v) is 18.0. The van der Waals surface area contributed by atoms with Crippen molar-refractivity contribution in [3.05, 3.63) is 70.4 Å². The maximum absolute atomic E-state index is 12.6. The first-order valence-corrected chi connectivity index (χ1v) is 10.7. The minimum absolute atomic E-state index is 0.297. The minimum atomic E-state index is -0.378. The zero-order valence-electron chi connectivity index (χ0n) is 16.4. The van der Waals surface area contributed by atoms with Crippen molar-refractivity contribution in [3.8, 4) is 11.5 Å². The third kappa shape index (κ3) is 4.17. The van der Waals surface area contributed by atoms with Gasteiger partial charge in [-0.15, -0.1) is 10.2 Å². The number of thioether (sulfide) groups is 1. The topological polar surface area (TPSA) is 78.1 Å². The van der Waals surface area contributed by atoms with Gasteiger partial charge < -0.3 is 9.15 Å². The number of para-hydroxylation sites is 1. The van der Waals surface area contributed by atoms with Crippen molar-refractivity contribution in [2.45, 2.75) is 24.8 Å². The van der Waals surface area contributed by atoms with Crippen molar-refractivity contribution in [1.29, 1.82) is 0 Å². The Balaban J connectivity index is 1.63. The van der Waals surface area contributed by atoms with Gasteiger partial charge in [0.1, 0.15) is 0 Å². The van der Waals surface area contributed by atoms with E-state index in [0.29, 0.717) is 39.8 Å². The van der Waals surface area contributed by atoms with Crippen molar-refractivity contribution in [3.63, 3.8) is 0 Å². The summed E-state index contributed by atoms with van der Waals surface area (Å²) in [5.41, 5.74) is 3.57. The normalized spacial score (nSPS) is 11.0. The number of benzene rings is 2. The van der Waals surface area contributed by atoms with Gasteiger partial charge in [0, 0.05) is 21.7 Å². The fourth-order valence-electron chi connectivity index (χ4n) is 3.13. The minimum Gasteiger partial charge on any atom is -0.462 e. The number of aromatic nitrogens is 3. The summed E-state index contributed by atoms with van der Waals surface area (Å²) in [5.74, 6) is 0.417. The lowest BCUT2D eigenvalue weighted by atomic mass is 10.0. The van der Waals surface area contributed by atoms with Crippen LogP contribution in [0, 0.1) is 6.92 Å². The van der Waals surface area contributed by atoms with Crippen LogP contribution in [0.1, 0.15) is 28.5 Å². The first kappa shape index (κ1) is 20.4. The largest absolute Gasteiger partial charge is 0.462 e. The molecule has 0 bridgehead atoms. The molecule has 30 heavy (non-hydrogen) atoms. The lowest BCUT2D eigenvalue weighted by Crippen LogP contribution is -2.12. The fourth-order valence-corrected chi connectivity index (χ4v) is 3.96. The number of halogens is 1. The molecule has 0 atom stereocenters. The van der Waals surface area contributed by atoms with Crippen molar-refractivity contribution in [1.82, 2.24) is 15.2 Å². The van der Waals surface area contributed by atoms with Gasteiger partial charge in [0.2, 0.25) is 5.89 Å². The number of fused-ring (bicyclic) bond motifs is 1. The highest BCUT2D eigenvalue weighted by atomic mass is 35.5.